The third kappa shape index (κ3) is 3.81. The highest BCUT2D eigenvalue weighted by Gasteiger charge is 2.26. The van der Waals surface area contributed by atoms with Crippen LogP contribution in [0.4, 0.5) is 25.2 Å². The van der Waals surface area contributed by atoms with Crippen molar-refractivity contribution < 1.29 is 18.0 Å². The van der Waals surface area contributed by atoms with Gasteiger partial charge in [0.2, 0.25) is 5.95 Å². The van der Waals surface area contributed by atoms with Crippen molar-refractivity contribution in [1.82, 2.24) is 15.3 Å². The summed E-state index contributed by atoms with van der Waals surface area (Å²) in [6, 6.07) is 0.896. The van der Waals surface area contributed by atoms with Crippen LogP contribution in [0.2, 0.25) is 0 Å². The number of hydrogen-bond donors (Lipinski definition) is 3. The maximum atomic E-state index is 14.0. The number of halogens is 2. The van der Waals surface area contributed by atoms with Gasteiger partial charge in [-0.25, -0.2) is 23.5 Å². The summed E-state index contributed by atoms with van der Waals surface area (Å²) < 4.78 is 33.2. The van der Waals surface area contributed by atoms with Gasteiger partial charge in [-0.3, -0.25) is 0 Å². The molecule has 0 unspecified atom stereocenters. The van der Waals surface area contributed by atoms with Crippen LogP contribution in [0, 0.1) is 24.5 Å². The average molecular weight is 375 g/mol. The predicted molar refractivity (Wildman–Crippen MR) is 97.0 cm³/mol. The first-order valence-corrected chi connectivity index (χ1v) is 8.29. The van der Waals surface area contributed by atoms with Crippen molar-refractivity contribution in [2.75, 3.05) is 11.1 Å². The summed E-state index contributed by atoms with van der Waals surface area (Å²) in [5.74, 6) is -1.09. The number of fused-ring (bicyclic) bond motifs is 1. The Hall–Kier alpha value is -3.23. The standard InChI is InChI=1S/C18H19F2N5O2/c1-8(2)14(25-18(26)24-11-6-22-17(21)23-7-11)15-9(3)12-4-10(19)5-13(20)16(12)27-15/h4-8,14H,1-3H3,(H2,21,22,23)(H2,24,25,26)/t14-/m0/s1. The molecule has 0 aliphatic heterocycles. The molecular weight excluding hydrogens is 356 g/mol. The normalized spacial score (nSPS) is 12.4. The van der Waals surface area contributed by atoms with Crippen molar-refractivity contribution in [2.24, 2.45) is 5.92 Å². The Labute approximate surface area is 154 Å². The van der Waals surface area contributed by atoms with E-state index in [2.05, 4.69) is 20.6 Å². The van der Waals surface area contributed by atoms with Gasteiger partial charge in [0.25, 0.3) is 0 Å². The first-order chi connectivity index (χ1) is 12.8. The van der Waals surface area contributed by atoms with E-state index in [9.17, 15) is 13.6 Å². The first kappa shape index (κ1) is 18.6. The van der Waals surface area contributed by atoms with E-state index in [4.69, 9.17) is 10.2 Å². The van der Waals surface area contributed by atoms with Crippen LogP contribution in [0.1, 0.15) is 31.2 Å². The summed E-state index contributed by atoms with van der Waals surface area (Å²) in [4.78, 5) is 19.9. The number of amides is 2. The van der Waals surface area contributed by atoms with Crippen molar-refractivity contribution in [3.05, 3.63) is 47.5 Å². The molecule has 27 heavy (non-hydrogen) atoms. The van der Waals surface area contributed by atoms with Crippen LogP contribution in [-0.4, -0.2) is 16.0 Å². The zero-order valence-corrected chi connectivity index (χ0v) is 15.0. The Bertz CT molecular complexity index is 986. The lowest BCUT2D eigenvalue weighted by Crippen LogP contribution is -2.35. The molecule has 3 aromatic rings. The molecule has 0 spiro atoms. The van der Waals surface area contributed by atoms with Crippen molar-refractivity contribution >= 4 is 28.6 Å². The van der Waals surface area contributed by atoms with Crippen LogP contribution in [0.5, 0.6) is 0 Å². The van der Waals surface area contributed by atoms with Gasteiger partial charge >= 0.3 is 6.03 Å². The van der Waals surface area contributed by atoms with Crippen LogP contribution in [0.15, 0.2) is 28.9 Å². The number of aryl methyl sites for hydroxylation is 1. The fraction of sp³-hybridized carbons (Fsp3) is 0.278. The molecule has 0 saturated heterocycles. The number of urea groups is 1. The van der Waals surface area contributed by atoms with Gasteiger partial charge in [-0.15, -0.1) is 0 Å². The largest absolute Gasteiger partial charge is 0.455 e. The number of nitrogens with two attached hydrogens (primary N) is 1. The lowest BCUT2D eigenvalue weighted by molar-refractivity contribution is 0.241. The average Bonchev–Trinajstić information content (AvgIpc) is 2.92. The summed E-state index contributed by atoms with van der Waals surface area (Å²) in [6.07, 6.45) is 2.74. The van der Waals surface area contributed by atoms with Crippen LogP contribution in [0.25, 0.3) is 11.0 Å². The lowest BCUT2D eigenvalue weighted by atomic mass is 9.98. The molecule has 142 valence electrons. The number of anilines is 2. The van der Waals surface area contributed by atoms with Crippen LogP contribution >= 0.6 is 0 Å². The second-order valence-electron chi connectivity index (χ2n) is 6.51. The number of nitrogens with one attached hydrogen (secondary N) is 2. The van der Waals surface area contributed by atoms with Gasteiger partial charge in [-0.05, 0) is 18.9 Å². The number of nitrogen functional groups attached to an aromatic ring is 1. The summed E-state index contributed by atoms with van der Waals surface area (Å²) >= 11 is 0. The summed E-state index contributed by atoms with van der Waals surface area (Å²) in [6.45, 7) is 5.45. The second-order valence-corrected chi connectivity index (χ2v) is 6.51. The van der Waals surface area contributed by atoms with Crippen LogP contribution in [0.3, 0.4) is 0 Å². The molecule has 3 rings (SSSR count). The smallest absolute Gasteiger partial charge is 0.319 e. The van der Waals surface area contributed by atoms with Gasteiger partial charge < -0.3 is 20.8 Å². The quantitative estimate of drug-likeness (QED) is 0.641. The Morgan fingerprint density at radius 2 is 1.89 bits per heavy atom. The van der Waals surface area contributed by atoms with E-state index >= 15 is 0 Å². The Morgan fingerprint density at radius 3 is 2.52 bits per heavy atom. The van der Waals surface area contributed by atoms with Crippen molar-refractivity contribution in [2.45, 2.75) is 26.8 Å². The van der Waals surface area contributed by atoms with E-state index in [-0.39, 0.29) is 17.4 Å². The number of aromatic nitrogens is 2. The zero-order valence-electron chi connectivity index (χ0n) is 15.0. The van der Waals surface area contributed by atoms with Gasteiger partial charge in [-0.2, -0.15) is 0 Å². The highest BCUT2D eigenvalue weighted by Crippen LogP contribution is 2.34. The number of hydrogen-bond acceptors (Lipinski definition) is 5. The summed E-state index contributed by atoms with van der Waals surface area (Å²) in [5, 5.41) is 5.71. The third-order valence-electron chi connectivity index (χ3n) is 4.16. The number of furan rings is 1. The predicted octanol–water partition coefficient (Wildman–Crippen LogP) is 3.91. The Morgan fingerprint density at radius 1 is 1.22 bits per heavy atom. The molecular formula is C18H19F2N5O2. The fourth-order valence-corrected chi connectivity index (χ4v) is 2.80. The molecule has 2 aromatic heterocycles. The van der Waals surface area contributed by atoms with Gasteiger partial charge in [0.05, 0.1) is 24.1 Å². The molecule has 7 nitrogen and oxygen atoms in total. The number of benzene rings is 1. The molecule has 0 bridgehead atoms. The molecule has 0 fully saturated rings. The minimum Gasteiger partial charge on any atom is -0.455 e. The van der Waals surface area contributed by atoms with E-state index in [1.165, 1.54) is 18.5 Å². The fourth-order valence-electron chi connectivity index (χ4n) is 2.80. The number of rotatable bonds is 4. The zero-order chi connectivity index (χ0) is 19.7. The molecule has 9 heteroatoms. The SMILES string of the molecule is Cc1c([C@@H](NC(=O)Nc2cnc(N)nc2)C(C)C)oc2c(F)cc(F)cc12. The molecule has 0 aliphatic carbocycles. The Balaban J connectivity index is 1.88. The molecule has 0 saturated carbocycles. The molecule has 1 aromatic carbocycles. The summed E-state index contributed by atoms with van der Waals surface area (Å²) in [7, 11) is 0. The minimum absolute atomic E-state index is 0.0382. The monoisotopic (exact) mass is 375 g/mol. The van der Waals surface area contributed by atoms with E-state index in [0.717, 1.165) is 6.07 Å². The van der Waals surface area contributed by atoms with E-state index < -0.39 is 23.7 Å². The number of carbonyl (C=O) groups excluding carboxylic acids is 1. The Kier molecular flexibility index (Phi) is 4.93. The lowest BCUT2D eigenvalue weighted by Gasteiger charge is -2.21. The van der Waals surface area contributed by atoms with Crippen LogP contribution < -0.4 is 16.4 Å². The highest BCUT2D eigenvalue weighted by atomic mass is 19.1. The molecule has 4 N–H and O–H groups in total. The van der Waals surface area contributed by atoms with Gasteiger partial charge in [0, 0.05) is 17.0 Å². The van der Waals surface area contributed by atoms with Crippen LogP contribution in [-0.2, 0) is 0 Å². The van der Waals surface area contributed by atoms with Gasteiger partial charge in [-0.1, -0.05) is 13.8 Å². The maximum absolute atomic E-state index is 14.0. The highest BCUT2D eigenvalue weighted by molar-refractivity contribution is 5.89. The molecule has 0 radical (unpaired) electrons. The van der Waals surface area contributed by atoms with Crippen molar-refractivity contribution in [3.63, 3.8) is 0 Å². The second kappa shape index (κ2) is 7.18. The number of carbonyl (C=O) groups is 1. The third-order valence-corrected chi connectivity index (χ3v) is 4.16. The molecule has 2 amide bonds. The van der Waals surface area contributed by atoms with Crippen molar-refractivity contribution in [3.8, 4) is 0 Å². The minimum atomic E-state index is -0.787. The topological polar surface area (TPSA) is 106 Å². The molecule has 2 heterocycles. The molecule has 1 atom stereocenters. The number of nitrogens with zero attached hydrogens (tertiary/aromatic N) is 2. The van der Waals surface area contributed by atoms with E-state index in [1.807, 2.05) is 13.8 Å². The first-order valence-electron chi connectivity index (χ1n) is 8.29. The van der Waals surface area contributed by atoms with E-state index in [1.54, 1.807) is 6.92 Å². The van der Waals surface area contributed by atoms with E-state index in [0.29, 0.717) is 22.4 Å². The van der Waals surface area contributed by atoms with Gasteiger partial charge in [0.1, 0.15) is 11.6 Å². The molecule has 0 aliphatic rings. The maximum Gasteiger partial charge on any atom is 0.319 e. The van der Waals surface area contributed by atoms with Crippen molar-refractivity contribution in [1.29, 1.82) is 0 Å². The van der Waals surface area contributed by atoms with Gasteiger partial charge in [0.15, 0.2) is 11.4 Å². The summed E-state index contributed by atoms with van der Waals surface area (Å²) in [5.41, 5.74) is 6.30.